The number of hydrogen-bond acceptors (Lipinski definition) is 2. The van der Waals surface area contributed by atoms with Crippen molar-refractivity contribution in [3.8, 4) is 0 Å². The van der Waals surface area contributed by atoms with Crippen molar-refractivity contribution in [2.75, 3.05) is 0 Å². The van der Waals surface area contributed by atoms with E-state index < -0.39 is 0 Å². The Morgan fingerprint density at radius 3 is 2.57 bits per heavy atom. The lowest BCUT2D eigenvalue weighted by atomic mass is 9.92. The number of aromatic nitrogens is 2. The van der Waals surface area contributed by atoms with Gasteiger partial charge < -0.3 is 5.73 Å². The van der Waals surface area contributed by atoms with Gasteiger partial charge in [0.25, 0.3) is 0 Å². The normalized spacial score (nSPS) is 14.4. The van der Waals surface area contributed by atoms with E-state index in [9.17, 15) is 0 Å². The molecule has 0 fully saturated rings. The van der Waals surface area contributed by atoms with E-state index >= 15 is 0 Å². The average molecular weight is 195 g/mol. The van der Waals surface area contributed by atoms with Gasteiger partial charge in [-0.3, -0.25) is 4.68 Å². The quantitative estimate of drug-likeness (QED) is 0.804. The summed E-state index contributed by atoms with van der Waals surface area (Å²) in [5, 5.41) is 4.28. The topological polar surface area (TPSA) is 43.8 Å². The highest BCUT2D eigenvalue weighted by molar-refractivity contribution is 5.08. The highest BCUT2D eigenvalue weighted by Gasteiger charge is 2.10. The molecule has 0 aliphatic carbocycles. The van der Waals surface area contributed by atoms with E-state index in [1.165, 1.54) is 0 Å². The van der Waals surface area contributed by atoms with Crippen LogP contribution in [0.15, 0.2) is 12.4 Å². The summed E-state index contributed by atoms with van der Waals surface area (Å²) in [6.45, 7) is 9.66. The van der Waals surface area contributed by atoms with E-state index in [-0.39, 0.29) is 6.04 Å². The van der Waals surface area contributed by atoms with Gasteiger partial charge in [0.15, 0.2) is 0 Å². The minimum Gasteiger partial charge on any atom is -0.324 e. The minimum absolute atomic E-state index is 0.0818. The molecular formula is C11H21N3. The molecule has 0 spiro atoms. The van der Waals surface area contributed by atoms with E-state index in [1.807, 2.05) is 24.0 Å². The van der Waals surface area contributed by atoms with Crippen molar-refractivity contribution < 1.29 is 0 Å². The van der Waals surface area contributed by atoms with Crippen LogP contribution in [0.3, 0.4) is 0 Å². The van der Waals surface area contributed by atoms with Gasteiger partial charge in [0.2, 0.25) is 0 Å². The third-order valence-corrected chi connectivity index (χ3v) is 2.27. The fourth-order valence-electron chi connectivity index (χ4n) is 1.19. The van der Waals surface area contributed by atoms with Crippen molar-refractivity contribution in [3.63, 3.8) is 0 Å². The summed E-state index contributed by atoms with van der Waals surface area (Å²) in [5.74, 6) is 0. The van der Waals surface area contributed by atoms with Gasteiger partial charge >= 0.3 is 0 Å². The van der Waals surface area contributed by atoms with Gasteiger partial charge in [0.05, 0.1) is 6.20 Å². The molecule has 1 aromatic rings. The molecule has 1 heterocycles. The van der Waals surface area contributed by atoms with Gasteiger partial charge in [-0.05, 0) is 18.8 Å². The lowest BCUT2D eigenvalue weighted by molar-refractivity contribution is 0.341. The monoisotopic (exact) mass is 195 g/mol. The van der Waals surface area contributed by atoms with Crippen molar-refractivity contribution in [1.82, 2.24) is 9.78 Å². The molecule has 0 radical (unpaired) electrons. The summed E-state index contributed by atoms with van der Waals surface area (Å²) in [6, 6.07) is 0.0818. The molecule has 3 nitrogen and oxygen atoms in total. The molecule has 1 unspecified atom stereocenters. The molecule has 0 bridgehead atoms. The Morgan fingerprint density at radius 1 is 1.50 bits per heavy atom. The first-order valence-electron chi connectivity index (χ1n) is 5.16. The summed E-state index contributed by atoms with van der Waals surface area (Å²) in [4.78, 5) is 0. The third-order valence-electron chi connectivity index (χ3n) is 2.27. The van der Waals surface area contributed by atoms with Crippen LogP contribution >= 0.6 is 0 Å². The van der Waals surface area contributed by atoms with E-state index in [0.717, 1.165) is 18.5 Å². The molecule has 1 aromatic heterocycles. The number of hydrogen-bond donors (Lipinski definition) is 1. The third kappa shape index (κ3) is 3.50. The smallest absolute Gasteiger partial charge is 0.0537 e. The number of aryl methyl sites for hydroxylation is 1. The van der Waals surface area contributed by atoms with E-state index in [2.05, 4.69) is 25.9 Å². The van der Waals surface area contributed by atoms with Crippen LogP contribution in [0.2, 0.25) is 0 Å². The van der Waals surface area contributed by atoms with Gasteiger partial charge in [0, 0.05) is 24.3 Å². The molecule has 1 atom stereocenters. The molecule has 14 heavy (non-hydrogen) atoms. The van der Waals surface area contributed by atoms with Crippen LogP contribution in [0.1, 0.15) is 45.7 Å². The van der Waals surface area contributed by atoms with Crippen LogP contribution in [0, 0.1) is 5.41 Å². The molecule has 80 valence electrons. The second kappa shape index (κ2) is 4.13. The van der Waals surface area contributed by atoms with Crippen LogP contribution in [0.5, 0.6) is 0 Å². The highest BCUT2D eigenvalue weighted by Crippen LogP contribution is 2.19. The standard InChI is InChI=1S/C11H21N3/c1-9(12)10-7-13-14(8-10)6-5-11(2,3)4/h7-9H,5-6,12H2,1-4H3. The summed E-state index contributed by atoms with van der Waals surface area (Å²) in [5.41, 5.74) is 7.23. The maximum absolute atomic E-state index is 5.76. The summed E-state index contributed by atoms with van der Waals surface area (Å²) in [6.07, 6.45) is 5.02. The Morgan fingerprint density at radius 2 is 2.14 bits per heavy atom. The minimum atomic E-state index is 0.0818. The second-order valence-electron chi connectivity index (χ2n) is 5.14. The largest absolute Gasteiger partial charge is 0.324 e. The van der Waals surface area contributed by atoms with Crippen LogP contribution in [0.4, 0.5) is 0 Å². The van der Waals surface area contributed by atoms with Crippen LogP contribution in [0.25, 0.3) is 0 Å². The predicted octanol–water partition coefficient (Wildman–Crippen LogP) is 2.34. The first kappa shape index (κ1) is 11.2. The number of nitrogens with zero attached hydrogens (tertiary/aromatic N) is 2. The zero-order valence-corrected chi connectivity index (χ0v) is 9.62. The molecule has 0 saturated carbocycles. The maximum atomic E-state index is 5.76. The highest BCUT2D eigenvalue weighted by atomic mass is 15.3. The molecule has 0 saturated heterocycles. The summed E-state index contributed by atoms with van der Waals surface area (Å²) >= 11 is 0. The molecule has 3 heteroatoms. The zero-order valence-electron chi connectivity index (χ0n) is 9.62. The lowest BCUT2D eigenvalue weighted by Gasteiger charge is -2.17. The SMILES string of the molecule is CC(N)c1cnn(CCC(C)(C)C)c1. The molecule has 0 amide bonds. The van der Waals surface area contributed by atoms with Gasteiger partial charge in [-0.2, -0.15) is 5.10 Å². The van der Waals surface area contributed by atoms with Crippen molar-refractivity contribution in [2.24, 2.45) is 11.1 Å². The van der Waals surface area contributed by atoms with Crippen molar-refractivity contribution in [3.05, 3.63) is 18.0 Å². The van der Waals surface area contributed by atoms with E-state index in [4.69, 9.17) is 5.73 Å². The fourth-order valence-corrected chi connectivity index (χ4v) is 1.19. The van der Waals surface area contributed by atoms with E-state index in [0.29, 0.717) is 5.41 Å². The van der Waals surface area contributed by atoms with Gasteiger partial charge in [-0.1, -0.05) is 20.8 Å². The first-order valence-corrected chi connectivity index (χ1v) is 5.16. The summed E-state index contributed by atoms with van der Waals surface area (Å²) < 4.78 is 1.98. The predicted molar refractivity (Wildman–Crippen MR) is 58.9 cm³/mol. The molecule has 0 aromatic carbocycles. The molecule has 0 aliphatic rings. The van der Waals surface area contributed by atoms with Crippen molar-refractivity contribution in [1.29, 1.82) is 0 Å². The van der Waals surface area contributed by atoms with Crippen molar-refractivity contribution in [2.45, 2.75) is 46.7 Å². The van der Waals surface area contributed by atoms with Crippen LogP contribution in [-0.2, 0) is 6.54 Å². The van der Waals surface area contributed by atoms with Crippen LogP contribution in [-0.4, -0.2) is 9.78 Å². The van der Waals surface area contributed by atoms with Crippen LogP contribution < -0.4 is 5.73 Å². The fraction of sp³-hybridized carbons (Fsp3) is 0.727. The molecular weight excluding hydrogens is 174 g/mol. The Balaban J connectivity index is 2.52. The Kier molecular flexibility index (Phi) is 3.32. The Hall–Kier alpha value is -0.830. The van der Waals surface area contributed by atoms with E-state index in [1.54, 1.807) is 0 Å². The summed E-state index contributed by atoms with van der Waals surface area (Å²) in [7, 11) is 0. The zero-order chi connectivity index (χ0) is 10.8. The molecule has 1 rings (SSSR count). The lowest BCUT2D eigenvalue weighted by Crippen LogP contribution is -2.10. The average Bonchev–Trinajstić information content (AvgIpc) is 2.47. The van der Waals surface area contributed by atoms with Gasteiger partial charge in [-0.25, -0.2) is 0 Å². The Bertz CT molecular complexity index is 281. The second-order valence-corrected chi connectivity index (χ2v) is 5.14. The molecule has 2 N–H and O–H groups in total. The number of nitrogens with two attached hydrogens (primary N) is 1. The maximum Gasteiger partial charge on any atom is 0.0537 e. The number of rotatable bonds is 3. The first-order chi connectivity index (χ1) is 6.38. The van der Waals surface area contributed by atoms with Crippen molar-refractivity contribution >= 4 is 0 Å². The van der Waals surface area contributed by atoms with Gasteiger partial charge in [0.1, 0.15) is 0 Å². The molecule has 0 aliphatic heterocycles. The van der Waals surface area contributed by atoms with Gasteiger partial charge in [-0.15, -0.1) is 0 Å². The Labute approximate surface area is 86.3 Å².